The van der Waals surface area contributed by atoms with Gasteiger partial charge in [0, 0.05) is 18.0 Å². The molecule has 5 aliphatic rings. The summed E-state index contributed by atoms with van der Waals surface area (Å²) in [6.45, 7) is 3.23. The van der Waals surface area contributed by atoms with Crippen molar-refractivity contribution >= 4 is 11.8 Å². The van der Waals surface area contributed by atoms with E-state index in [2.05, 4.69) is 12.2 Å². The highest BCUT2D eigenvalue weighted by atomic mass is 16.2. The molecule has 4 bridgehead atoms. The zero-order valence-corrected chi connectivity index (χ0v) is 15.1. The third-order valence-electron chi connectivity index (χ3n) is 7.34. The van der Waals surface area contributed by atoms with Crippen LogP contribution < -0.4 is 5.32 Å². The minimum Gasteiger partial charge on any atom is -0.347 e. The second-order valence-corrected chi connectivity index (χ2v) is 9.03. The maximum Gasteiger partial charge on any atom is 0.242 e. The molecule has 4 saturated carbocycles. The fourth-order valence-electron chi connectivity index (χ4n) is 6.59. The summed E-state index contributed by atoms with van der Waals surface area (Å²) in [5, 5.41) is 3.05. The summed E-state index contributed by atoms with van der Waals surface area (Å²) in [5.41, 5.74) is -0.138. The smallest absolute Gasteiger partial charge is 0.242 e. The second-order valence-electron chi connectivity index (χ2n) is 9.03. The van der Waals surface area contributed by atoms with Gasteiger partial charge in [-0.25, -0.2) is 0 Å². The van der Waals surface area contributed by atoms with Crippen LogP contribution in [-0.2, 0) is 9.59 Å². The summed E-state index contributed by atoms with van der Waals surface area (Å²) in [4.78, 5) is 27.6. The number of nitrogens with one attached hydrogen (secondary N) is 1. The Morgan fingerprint density at radius 1 is 1.04 bits per heavy atom. The number of piperidine rings is 1. The summed E-state index contributed by atoms with van der Waals surface area (Å²) in [6.07, 6.45) is 11.7. The van der Waals surface area contributed by atoms with Gasteiger partial charge in [0.15, 0.2) is 0 Å². The van der Waals surface area contributed by atoms with E-state index in [9.17, 15) is 9.59 Å². The Labute approximate surface area is 145 Å². The Morgan fingerprint density at radius 2 is 1.67 bits per heavy atom. The van der Waals surface area contributed by atoms with Gasteiger partial charge in [-0.2, -0.15) is 0 Å². The number of carbonyl (C=O) groups is 2. The Hall–Kier alpha value is -1.06. The van der Waals surface area contributed by atoms with Crippen LogP contribution in [0, 0.1) is 23.2 Å². The molecule has 4 heteroatoms. The number of likely N-dealkylation sites (tertiary alicyclic amines) is 1. The van der Waals surface area contributed by atoms with Crippen LogP contribution in [0.4, 0.5) is 0 Å². The van der Waals surface area contributed by atoms with Gasteiger partial charge >= 0.3 is 0 Å². The maximum absolute atomic E-state index is 13.0. The van der Waals surface area contributed by atoms with E-state index in [0.717, 1.165) is 62.8 Å². The number of nitrogens with zero attached hydrogens (tertiary/aromatic N) is 1. The third kappa shape index (κ3) is 2.86. The third-order valence-corrected chi connectivity index (χ3v) is 7.34. The van der Waals surface area contributed by atoms with Crippen molar-refractivity contribution in [1.29, 1.82) is 0 Å². The highest BCUT2D eigenvalue weighted by Crippen LogP contribution is 2.60. The second kappa shape index (κ2) is 6.34. The van der Waals surface area contributed by atoms with Gasteiger partial charge in [-0.15, -0.1) is 0 Å². The normalized spacial score (nSPS) is 40.6. The van der Waals surface area contributed by atoms with E-state index in [4.69, 9.17) is 0 Å². The van der Waals surface area contributed by atoms with E-state index in [-0.39, 0.29) is 23.8 Å². The van der Waals surface area contributed by atoms with Crippen molar-refractivity contribution in [3.63, 3.8) is 0 Å². The van der Waals surface area contributed by atoms with Crippen LogP contribution in [0.3, 0.4) is 0 Å². The molecular formula is C20H32N2O2. The zero-order valence-electron chi connectivity index (χ0n) is 15.1. The van der Waals surface area contributed by atoms with Gasteiger partial charge in [-0.05, 0) is 82.0 Å². The average Bonchev–Trinajstić information content (AvgIpc) is 2.58. The molecule has 24 heavy (non-hydrogen) atoms. The van der Waals surface area contributed by atoms with Crippen molar-refractivity contribution in [2.75, 3.05) is 13.1 Å². The molecule has 134 valence electrons. The Morgan fingerprint density at radius 3 is 2.25 bits per heavy atom. The maximum atomic E-state index is 13.0. The SMILES string of the molecule is CCC1CCCCN1C(=O)CNC(=O)C12CC3CC(CC(C3)C1)C2. The molecule has 1 heterocycles. The average molecular weight is 332 g/mol. The molecule has 2 amide bonds. The molecule has 0 radical (unpaired) electrons. The fourth-order valence-corrected chi connectivity index (χ4v) is 6.59. The van der Waals surface area contributed by atoms with Crippen LogP contribution in [-0.4, -0.2) is 35.8 Å². The molecule has 5 fully saturated rings. The lowest BCUT2D eigenvalue weighted by Gasteiger charge is -2.55. The number of amides is 2. The quantitative estimate of drug-likeness (QED) is 0.860. The largest absolute Gasteiger partial charge is 0.347 e. The molecule has 0 aromatic rings. The van der Waals surface area contributed by atoms with Crippen LogP contribution in [0.5, 0.6) is 0 Å². The first-order valence-electron chi connectivity index (χ1n) is 10.2. The molecule has 1 aliphatic heterocycles. The van der Waals surface area contributed by atoms with Gasteiger partial charge in [0.25, 0.3) is 0 Å². The number of carbonyl (C=O) groups excluding carboxylic acids is 2. The molecule has 4 nitrogen and oxygen atoms in total. The molecule has 0 aromatic carbocycles. The predicted molar refractivity (Wildman–Crippen MR) is 93.3 cm³/mol. The van der Waals surface area contributed by atoms with E-state index in [1.54, 1.807) is 0 Å². The number of hydrogen-bond acceptors (Lipinski definition) is 2. The van der Waals surface area contributed by atoms with Crippen LogP contribution in [0.2, 0.25) is 0 Å². The summed E-state index contributed by atoms with van der Waals surface area (Å²) in [5.74, 6) is 2.61. The molecular weight excluding hydrogens is 300 g/mol. The van der Waals surface area contributed by atoms with Crippen molar-refractivity contribution in [2.45, 2.75) is 77.2 Å². The fraction of sp³-hybridized carbons (Fsp3) is 0.900. The molecule has 1 saturated heterocycles. The molecule has 5 rings (SSSR count). The van der Waals surface area contributed by atoms with Crippen molar-refractivity contribution in [1.82, 2.24) is 10.2 Å². The zero-order chi connectivity index (χ0) is 16.7. The van der Waals surface area contributed by atoms with E-state index in [1.165, 1.54) is 25.7 Å². The van der Waals surface area contributed by atoms with E-state index in [1.807, 2.05) is 4.90 Å². The van der Waals surface area contributed by atoms with E-state index < -0.39 is 0 Å². The summed E-state index contributed by atoms with van der Waals surface area (Å²) in [7, 11) is 0. The van der Waals surface area contributed by atoms with Crippen LogP contribution in [0.15, 0.2) is 0 Å². The van der Waals surface area contributed by atoms with Gasteiger partial charge in [0.1, 0.15) is 0 Å². The van der Waals surface area contributed by atoms with Crippen molar-refractivity contribution in [3.8, 4) is 0 Å². The lowest BCUT2D eigenvalue weighted by molar-refractivity contribution is -0.148. The summed E-state index contributed by atoms with van der Waals surface area (Å²) >= 11 is 0. The first kappa shape index (κ1) is 16.4. The molecule has 4 aliphatic carbocycles. The van der Waals surface area contributed by atoms with Crippen LogP contribution >= 0.6 is 0 Å². The van der Waals surface area contributed by atoms with Gasteiger partial charge < -0.3 is 10.2 Å². The molecule has 1 N–H and O–H groups in total. The van der Waals surface area contributed by atoms with Gasteiger partial charge in [-0.1, -0.05) is 6.92 Å². The van der Waals surface area contributed by atoms with Crippen LogP contribution in [0.25, 0.3) is 0 Å². The minimum atomic E-state index is -0.138. The molecule has 1 atom stereocenters. The van der Waals surface area contributed by atoms with Crippen molar-refractivity contribution in [2.24, 2.45) is 23.2 Å². The Balaban J connectivity index is 1.36. The van der Waals surface area contributed by atoms with Gasteiger partial charge in [-0.3, -0.25) is 9.59 Å². The minimum absolute atomic E-state index is 0.125. The number of rotatable bonds is 4. The van der Waals surface area contributed by atoms with Gasteiger partial charge in [0.05, 0.1) is 6.54 Å². The summed E-state index contributed by atoms with van der Waals surface area (Å²) < 4.78 is 0. The highest BCUT2D eigenvalue weighted by Gasteiger charge is 2.54. The molecule has 0 spiro atoms. The molecule has 0 aromatic heterocycles. The highest BCUT2D eigenvalue weighted by molar-refractivity contribution is 5.88. The van der Waals surface area contributed by atoms with Crippen molar-refractivity contribution in [3.05, 3.63) is 0 Å². The topological polar surface area (TPSA) is 49.4 Å². The standard InChI is InChI=1S/C20H32N2O2/c1-2-17-5-3-4-6-22(17)18(23)13-21-19(24)20-10-14-7-15(11-20)9-16(8-14)12-20/h14-17H,2-13H2,1H3,(H,21,24). The van der Waals surface area contributed by atoms with Crippen LogP contribution in [0.1, 0.15) is 71.1 Å². The Kier molecular flexibility index (Phi) is 4.34. The van der Waals surface area contributed by atoms with Gasteiger partial charge in [0.2, 0.25) is 11.8 Å². The summed E-state index contributed by atoms with van der Waals surface area (Å²) in [6, 6.07) is 0.378. The molecule has 1 unspecified atom stereocenters. The lowest BCUT2D eigenvalue weighted by atomic mass is 9.49. The van der Waals surface area contributed by atoms with Crippen molar-refractivity contribution < 1.29 is 9.59 Å². The van der Waals surface area contributed by atoms with E-state index in [0.29, 0.717) is 6.04 Å². The lowest BCUT2D eigenvalue weighted by Crippen LogP contribution is -2.55. The first-order valence-corrected chi connectivity index (χ1v) is 10.2. The van der Waals surface area contributed by atoms with E-state index >= 15 is 0 Å². The monoisotopic (exact) mass is 332 g/mol. The first-order chi connectivity index (χ1) is 11.6. The number of hydrogen-bond donors (Lipinski definition) is 1. The predicted octanol–water partition coefficient (Wildman–Crippen LogP) is 3.11. The Bertz CT molecular complexity index is 480.